The first-order chi connectivity index (χ1) is 9.30. The van der Waals surface area contributed by atoms with E-state index < -0.39 is 17.8 Å². The number of nitrogens with zero attached hydrogens (tertiary/aromatic N) is 3. The molecule has 2 rings (SSSR count). The molecule has 0 spiro atoms. The molecule has 1 saturated heterocycles. The second-order valence-electron chi connectivity index (χ2n) is 4.17. The Morgan fingerprint density at radius 1 is 1.40 bits per heavy atom. The second-order valence-corrected chi connectivity index (χ2v) is 4.97. The fraction of sp³-hybridized carbons (Fsp3) is 0.600. The molecule has 0 unspecified atom stereocenters. The molecule has 10 heteroatoms. The molecule has 0 radical (unpaired) electrons. The van der Waals surface area contributed by atoms with E-state index in [2.05, 4.69) is 26.5 Å². The highest BCUT2D eigenvalue weighted by atomic mass is 79.9. The zero-order valence-electron chi connectivity index (χ0n) is 10.5. The van der Waals surface area contributed by atoms with Crippen LogP contribution in [-0.2, 0) is 18.0 Å². The van der Waals surface area contributed by atoms with Crippen LogP contribution >= 0.6 is 15.9 Å². The number of ether oxygens (including phenoxy) is 1. The molecule has 1 aliphatic rings. The standard InChI is InChI=1S/C10H12BrF3N4O2/c1-17-7(6(11)8(15-17)10(12,13)14)9(19)16-18-2-4-20-5-3-18/h2-5H2,1H3,(H,16,19). The molecule has 0 saturated carbocycles. The topological polar surface area (TPSA) is 59.4 Å². The summed E-state index contributed by atoms with van der Waals surface area (Å²) in [6.45, 7) is 1.88. The number of aryl methyl sites for hydroxylation is 1. The highest BCUT2D eigenvalue weighted by molar-refractivity contribution is 9.10. The minimum Gasteiger partial charge on any atom is -0.379 e. The van der Waals surface area contributed by atoms with E-state index in [-0.39, 0.29) is 10.2 Å². The molecule has 1 aliphatic heterocycles. The molecule has 0 bridgehead atoms. The molecule has 1 amide bonds. The van der Waals surface area contributed by atoms with Crippen LogP contribution in [0.5, 0.6) is 0 Å². The van der Waals surface area contributed by atoms with Crippen molar-refractivity contribution in [2.75, 3.05) is 26.3 Å². The summed E-state index contributed by atoms with van der Waals surface area (Å²) in [5.41, 5.74) is 1.24. The van der Waals surface area contributed by atoms with Crippen LogP contribution in [-0.4, -0.2) is 47.0 Å². The van der Waals surface area contributed by atoms with Gasteiger partial charge in [0.1, 0.15) is 5.69 Å². The van der Waals surface area contributed by atoms with Gasteiger partial charge >= 0.3 is 6.18 Å². The Bertz CT molecular complexity index is 511. The lowest BCUT2D eigenvalue weighted by molar-refractivity contribution is -0.142. The number of hydrazine groups is 1. The van der Waals surface area contributed by atoms with E-state index in [1.165, 1.54) is 7.05 Å². The van der Waals surface area contributed by atoms with Gasteiger partial charge in [-0.2, -0.15) is 18.3 Å². The number of aromatic nitrogens is 2. The second kappa shape index (κ2) is 5.70. The molecule has 112 valence electrons. The number of nitrogens with one attached hydrogen (secondary N) is 1. The third kappa shape index (κ3) is 3.13. The van der Waals surface area contributed by atoms with E-state index >= 15 is 0 Å². The maximum absolute atomic E-state index is 12.7. The van der Waals surface area contributed by atoms with E-state index in [4.69, 9.17) is 4.74 Å². The smallest absolute Gasteiger partial charge is 0.379 e. The SMILES string of the molecule is Cn1nc(C(F)(F)F)c(Br)c1C(=O)NN1CCOCC1. The highest BCUT2D eigenvalue weighted by Crippen LogP contribution is 2.35. The molecule has 1 N–H and O–H groups in total. The average molecular weight is 357 g/mol. The average Bonchev–Trinajstić information content (AvgIpc) is 2.66. The van der Waals surface area contributed by atoms with Gasteiger partial charge in [-0.25, -0.2) is 5.01 Å². The van der Waals surface area contributed by atoms with Crippen molar-refractivity contribution in [1.29, 1.82) is 0 Å². The third-order valence-corrected chi connectivity index (χ3v) is 3.49. The Labute approximate surface area is 121 Å². The minimum atomic E-state index is -4.62. The predicted molar refractivity (Wildman–Crippen MR) is 65.8 cm³/mol. The molecule has 0 aliphatic carbocycles. The molecule has 0 atom stereocenters. The third-order valence-electron chi connectivity index (χ3n) is 2.74. The molecule has 1 aromatic rings. The molecule has 6 nitrogen and oxygen atoms in total. The maximum atomic E-state index is 12.7. The van der Waals surface area contributed by atoms with Crippen molar-refractivity contribution in [3.63, 3.8) is 0 Å². The summed E-state index contributed by atoms with van der Waals surface area (Å²) < 4.78 is 43.8. The monoisotopic (exact) mass is 356 g/mol. The van der Waals surface area contributed by atoms with Crippen LogP contribution < -0.4 is 5.43 Å². The van der Waals surface area contributed by atoms with Crippen LogP contribution in [0.15, 0.2) is 4.47 Å². The lowest BCUT2D eigenvalue weighted by Gasteiger charge is -2.26. The lowest BCUT2D eigenvalue weighted by Crippen LogP contribution is -2.48. The van der Waals surface area contributed by atoms with Crippen LogP contribution in [0.3, 0.4) is 0 Å². The molecule has 2 heterocycles. The van der Waals surface area contributed by atoms with Gasteiger partial charge in [0.25, 0.3) is 5.91 Å². The van der Waals surface area contributed by atoms with Crippen LogP contribution in [0.2, 0.25) is 0 Å². The number of carbonyl (C=O) groups excluding carboxylic acids is 1. The van der Waals surface area contributed by atoms with Crippen LogP contribution in [0.1, 0.15) is 16.2 Å². The van der Waals surface area contributed by atoms with E-state index in [9.17, 15) is 18.0 Å². The predicted octanol–water partition coefficient (Wildman–Crippen LogP) is 1.18. The van der Waals surface area contributed by atoms with Crippen molar-refractivity contribution in [3.05, 3.63) is 15.9 Å². The summed E-state index contributed by atoms with van der Waals surface area (Å²) in [7, 11) is 1.29. The van der Waals surface area contributed by atoms with Crippen molar-refractivity contribution in [3.8, 4) is 0 Å². The van der Waals surface area contributed by atoms with E-state index in [0.29, 0.717) is 26.3 Å². The van der Waals surface area contributed by atoms with Crippen LogP contribution in [0, 0.1) is 0 Å². The molecule has 20 heavy (non-hydrogen) atoms. The van der Waals surface area contributed by atoms with Gasteiger partial charge < -0.3 is 4.74 Å². The first-order valence-corrected chi connectivity index (χ1v) is 6.53. The van der Waals surface area contributed by atoms with Gasteiger partial charge in [-0.15, -0.1) is 0 Å². The van der Waals surface area contributed by atoms with Crippen molar-refractivity contribution in [2.24, 2.45) is 7.05 Å². The summed E-state index contributed by atoms with van der Waals surface area (Å²) >= 11 is 2.80. The fourth-order valence-electron chi connectivity index (χ4n) is 1.80. The molecule has 1 aromatic heterocycles. The number of rotatable bonds is 2. The number of amides is 1. The van der Waals surface area contributed by atoms with Crippen LogP contribution in [0.25, 0.3) is 0 Å². The summed E-state index contributed by atoms with van der Waals surface area (Å²) in [5, 5.41) is 4.93. The lowest BCUT2D eigenvalue weighted by atomic mass is 10.3. The number of morpholine rings is 1. The van der Waals surface area contributed by atoms with Gasteiger partial charge in [0.05, 0.1) is 17.7 Å². The van der Waals surface area contributed by atoms with Gasteiger partial charge in [-0.3, -0.25) is 14.9 Å². The fourth-order valence-corrected chi connectivity index (χ4v) is 2.54. The largest absolute Gasteiger partial charge is 0.436 e. The van der Waals surface area contributed by atoms with Crippen molar-refractivity contribution < 1.29 is 22.7 Å². The number of hydrogen-bond acceptors (Lipinski definition) is 4. The maximum Gasteiger partial charge on any atom is 0.436 e. The number of carbonyl (C=O) groups is 1. The van der Waals surface area contributed by atoms with Gasteiger partial charge in [0.2, 0.25) is 0 Å². The van der Waals surface area contributed by atoms with E-state index in [1.807, 2.05) is 0 Å². The zero-order valence-corrected chi connectivity index (χ0v) is 12.1. The Balaban J connectivity index is 2.19. The Hall–Kier alpha value is -1.13. The van der Waals surface area contributed by atoms with Crippen molar-refractivity contribution in [1.82, 2.24) is 20.2 Å². The highest BCUT2D eigenvalue weighted by Gasteiger charge is 2.39. The quantitative estimate of drug-likeness (QED) is 0.864. The van der Waals surface area contributed by atoms with Gasteiger partial charge in [0.15, 0.2) is 5.69 Å². The number of hydrogen-bond donors (Lipinski definition) is 1. The van der Waals surface area contributed by atoms with E-state index in [0.717, 1.165) is 4.68 Å². The number of alkyl halides is 3. The van der Waals surface area contributed by atoms with Crippen molar-refractivity contribution in [2.45, 2.75) is 6.18 Å². The zero-order chi connectivity index (χ0) is 14.9. The number of halogens is 4. The summed E-state index contributed by atoms with van der Waals surface area (Å²) in [6, 6.07) is 0. The molecular formula is C10H12BrF3N4O2. The summed E-state index contributed by atoms with van der Waals surface area (Å²) in [6.07, 6.45) is -4.62. The Morgan fingerprint density at radius 3 is 2.50 bits per heavy atom. The Kier molecular flexibility index (Phi) is 4.35. The van der Waals surface area contributed by atoms with Gasteiger partial charge in [0, 0.05) is 20.1 Å². The summed E-state index contributed by atoms with van der Waals surface area (Å²) in [4.78, 5) is 12.0. The molecule has 1 fully saturated rings. The van der Waals surface area contributed by atoms with E-state index in [1.54, 1.807) is 5.01 Å². The van der Waals surface area contributed by atoms with Crippen LogP contribution in [0.4, 0.5) is 13.2 Å². The minimum absolute atomic E-state index is 0.177. The normalized spacial score (nSPS) is 17.2. The van der Waals surface area contributed by atoms with Gasteiger partial charge in [-0.05, 0) is 15.9 Å². The Morgan fingerprint density at radius 2 is 2.00 bits per heavy atom. The molecule has 0 aromatic carbocycles. The molecular weight excluding hydrogens is 345 g/mol. The van der Waals surface area contributed by atoms with Crippen molar-refractivity contribution >= 4 is 21.8 Å². The van der Waals surface area contributed by atoms with Gasteiger partial charge in [-0.1, -0.05) is 0 Å². The first-order valence-electron chi connectivity index (χ1n) is 5.74. The first kappa shape index (κ1) is 15.3. The summed E-state index contributed by atoms with van der Waals surface area (Å²) in [5.74, 6) is -0.649.